The van der Waals surface area contributed by atoms with Gasteiger partial charge in [0, 0.05) is 11.6 Å². The molecule has 3 N–H and O–H groups in total. The van der Waals surface area contributed by atoms with E-state index in [1.54, 1.807) is 12.1 Å². The third-order valence-electron chi connectivity index (χ3n) is 2.80. The minimum Gasteiger partial charge on any atom is -0.465 e. The van der Waals surface area contributed by atoms with Gasteiger partial charge in [0.15, 0.2) is 0 Å². The molecular formula is C14H12ClN3O2S. The second kappa shape index (κ2) is 6.48. The summed E-state index contributed by atoms with van der Waals surface area (Å²) in [5.41, 5.74) is 7.14. The summed E-state index contributed by atoms with van der Waals surface area (Å²) in [4.78, 5) is 12.1. The van der Waals surface area contributed by atoms with Crippen LogP contribution in [-0.2, 0) is 11.3 Å². The fraction of sp³-hybridized carbons (Fsp3) is 0.143. The maximum absolute atomic E-state index is 11.8. The van der Waals surface area contributed by atoms with E-state index in [-0.39, 0.29) is 16.1 Å². The van der Waals surface area contributed by atoms with E-state index < -0.39 is 5.97 Å². The molecule has 1 aromatic carbocycles. The van der Waals surface area contributed by atoms with Crippen LogP contribution in [0.15, 0.2) is 24.3 Å². The van der Waals surface area contributed by atoms with Gasteiger partial charge in [-0.25, -0.2) is 4.79 Å². The molecule has 0 bridgehead atoms. The summed E-state index contributed by atoms with van der Waals surface area (Å²) in [5.74, 6) is -0.566. The Bertz CT molecular complexity index is 704. The summed E-state index contributed by atoms with van der Waals surface area (Å²) < 4.78 is 4.70. The molecule has 0 amide bonds. The van der Waals surface area contributed by atoms with Crippen molar-refractivity contribution in [3.05, 3.63) is 45.3 Å². The van der Waals surface area contributed by atoms with Crippen molar-refractivity contribution in [2.24, 2.45) is 0 Å². The molecule has 0 spiro atoms. The van der Waals surface area contributed by atoms with E-state index in [9.17, 15) is 4.79 Å². The standard InChI is InChI=1S/C14H12ClN3O2S/c1-20-14(19)11-12(17)10(6-16)21-13(11)18-7-8-2-4-9(15)5-3-8/h2-5,18H,7,17H2,1H3. The highest BCUT2D eigenvalue weighted by molar-refractivity contribution is 7.17. The quantitative estimate of drug-likeness (QED) is 0.844. The number of anilines is 2. The van der Waals surface area contributed by atoms with Crippen molar-refractivity contribution >= 4 is 39.6 Å². The number of nitriles is 1. The molecule has 0 saturated carbocycles. The second-order valence-electron chi connectivity index (χ2n) is 4.13. The fourth-order valence-electron chi connectivity index (χ4n) is 1.74. The largest absolute Gasteiger partial charge is 0.465 e. The van der Waals surface area contributed by atoms with Gasteiger partial charge in [-0.3, -0.25) is 0 Å². The van der Waals surface area contributed by atoms with Gasteiger partial charge in [0.05, 0.1) is 12.8 Å². The van der Waals surface area contributed by atoms with Gasteiger partial charge in [0.1, 0.15) is 21.5 Å². The molecule has 1 aromatic heterocycles. The SMILES string of the molecule is COC(=O)c1c(NCc2ccc(Cl)cc2)sc(C#N)c1N. The van der Waals surface area contributed by atoms with Crippen molar-refractivity contribution < 1.29 is 9.53 Å². The van der Waals surface area contributed by atoms with Crippen LogP contribution in [0.3, 0.4) is 0 Å². The number of hydrogen-bond donors (Lipinski definition) is 2. The molecule has 0 unspecified atom stereocenters. The number of esters is 1. The molecule has 2 rings (SSSR count). The van der Waals surface area contributed by atoms with E-state index in [2.05, 4.69) is 5.32 Å². The average Bonchev–Trinajstić information content (AvgIpc) is 2.82. The maximum Gasteiger partial charge on any atom is 0.343 e. The Labute approximate surface area is 130 Å². The molecule has 0 atom stereocenters. The van der Waals surface area contributed by atoms with Crippen LogP contribution in [0.2, 0.25) is 5.02 Å². The number of methoxy groups -OCH3 is 1. The molecule has 0 saturated heterocycles. The van der Waals surface area contributed by atoms with Gasteiger partial charge < -0.3 is 15.8 Å². The molecule has 1 heterocycles. The second-order valence-corrected chi connectivity index (χ2v) is 5.59. The Morgan fingerprint density at radius 3 is 2.71 bits per heavy atom. The van der Waals surface area contributed by atoms with Crippen molar-refractivity contribution in [1.82, 2.24) is 0 Å². The Balaban J connectivity index is 2.25. The van der Waals surface area contributed by atoms with Gasteiger partial charge in [-0.05, 0) is 17.7 Å². The lowest BCUT2D eigenvalue weighted by molar-refractivity contribution is 0.0603. The molecule has 0 aliphatic heterocycles. The van der Waals surface area contributed by atoms with E-state index in [1.165, 1.54) is 7.11 Å². The molecule has 0 radical (unpaired) electrons. The molecule has 2 aromatic rings. The number of benzene rings is 1. The van der Waals surface area contributed by atoms with Crippen LogP contribution in [0.1, 0.15) is 20.8 Å². The monoisotopic (exact) mass is 321 g/mol. The number of halogens is 1. The van der Waals surface area contributed by atoms with Crippen LogP contribution >= 0.6 is 22.9 Å². The summed E-state index contributed by atoms with van der Waals surface area (Å²) in [7, 11) is 1.27. The first-order chi connectivity index (χ1) is 10.1. The van der Waals surface area contributed by atoms with Crippen LogP contribution < -0.4 is 11.1 Å². The van der Waals surface area contributed by atoms with Crippen molar-refractivity contribution in [2.75, 3.05) is 18.2 Å². The Morgan fingerprint density at radius 1 is 1.48 bits per heavy atom. The summed E-state index contributed by atoms with van der Waals surface area (Å²) in [5, 5.41) is 13.3. The molecule has 5 nitrogen and oxygen atoms in total. The number of carbonyl (C=O) groups excluding carboxylic acids is 1. The first kappa shape index (κ1) is 15.2. The molecule has 0 fully saturated rings. The Morgan fingerprint density at radius 2 is 2.14 bits per heavy atom. The third-order valence-corrected chi connectivity index (χ3v) is 4.12. The lowest BCUT2D eigenvalue weighted by Gasteiger charge is -2.07. The Kier molecular flexibility index (Phi) is 4.68. The number of nitrogens with zero attached hydrogens (tertiary/aromatic N) is 1. The number of nitrogens with one attached hydrogen (secondary N) is 1. The minimum atomic E-state index is -0.566. The van der Waals surface area contributed by atoms with Crippen molar-refractivity contribution in [2.45, 2.75) is 6.54 Å². The number of rotatable bonds is 4. The summed E-state index contributed by atoms with van der Waals surface area (Å²) in [6.07, 6.45) is 0. The van der Waals surface area contributed by atoms with E-state index in [0.717, 1.165) is 16.9 Å². The maximum atomic E-state index is 11.8. The first-order valence-corrected chi connectivity index (χ1v) is 7.15. The van der Waals surface area contributed by atoms with Gasteiger partial charge in [-0.2, -0.15) is 5.26 Å². The third kappa shape index (κ3) is 3.27. The molecule has 108 valence electrons. The first-order valence-electron chi connectivity index (χ1n) is 5.95. The molecular weight excluding hydrogens is 310 g/mol. The van der Waals surface area contributed by atoms with E-state index in [1.807, 2.05) is 18.2 Å². The molecule has 0 aliphatic rings. The number of nitrogens with two attached hydrogens (primary N) is 1. The normalized spacial score (nSPS) is 9.95. The Hall–Kier alpha value is -2.23. The lowest BCUT2D eigenvalue weighted by Crippen LogP contribution is -2.08. The number of ether oxygens (including phenoxy) is 1. The van der Waals surface area contributed by atoms with Gasteiger partial charge in [0.25, 0.3) is 0 Å². The molecule has 21 heavy (non-hydrogen) atoms. The van der Waals surface area contributed by atoms with Crippen LogP contribution in [-0.4, -0.2) is 13.1 Å². The summed E-state index contributed by atoms with van der Waals surface area (Å²) in [6, 6.07) is 9.27. The minimum absolute atomic E-state index is 0.146. The zero-order valence-corrected chi connectivity index (χ0v) is 12.7. The summed E-state index contributed by atoms with van der Waals surface area (Å²) >= 11 is 6.95. The van der Waals surface area contributed by atoms with Gasteiger partial charge in [0.2, 0.25) is 0 Å². The highest BCUT2D eigenvalue weighted by atomic mass is 35.5. The van der Waals surface area contributed by atoms with E-state index in [4.69, 9.17) is 27.3 Å². The average molecular weight is 322 g/mol. The van der Waals surface area contributed by atoms with Crippen LogP contribution in [0.25, 0.3) is 0 Å². The summed E-state index contributed by atoms with van der Waals surface area (Å²) in [6.45, 7) is 0.478. The fourth-order valence-corrected chi connectivity index (χ4v) is 2.77. The van der Waals surface area contributed by atoms with Gasteiger partial charge >= 0.3 is 5.97 Å². The van der Waals surface area contributed by atoms with E-state index >= 15 is 0 Å². The van der Waals surface area contributed by atoms with Crippen molar-refractivity contribution in [3.8, 4) is 6.07 Å². The zero-order chi connectivity index (χ0) is 15.4. The highest BCUT2D eigenvalue weighted by Gasteiger charge is 2.22. The van der Waals surface area contributed by atoms with Crippen molar-refractivity contribution in [3.63, 3.8) is 0 Å². The van der Waals surface area contributed by atoms with Crippen LogP contribution in [0.4, 0.5) is 10.7 Å². The lowest BCUT2D eigenvalue weighted by atomic mass is 10.2. The number of carbonyl (C=O) groups is 1. The smallest absolute Gasteiger partial charge is 0.343 e. The van der Waals surface area contributed by atoms with Crippen molar-refractivity contribution in [1.29, 1.82) is 5.26 Å². The zero-order valence-electron chi connectivity index (χ0n) is 11.1. The molecule has 7 heteroatoms. The predicted octanol–water partition coefficient (Wildman–Crippen LogP) is 3.25. The number of nitrogen functional groups attached to an aromatic ring is 1. The van der Waals surface area contributed by atoms with Crippen LogP contribution in [0.5, 0.6) is 0 Å². The van der Waals surface area contributed by atoms with Gasteiger partial charge in [-0.1, -0.05) is 23.7 Å². The van der Waals surface area contributed by atoms with Gasteiger partial charge in [-0.15, -0.1) is 11.3 Å². The van der Waals surface area contributed by atoms with E-state index in [0.29, 0.717) is 16.6 Å². The number of hydrogen-bond acceptors (Lipinski definition) is 6. The number of thiophene rings is 1. The topological polar surface area (TPSA) is 88.1 Å². The molecule has 0 aliphatic carbocycles. The predicted molar refractivity (Wildman–Crippen MR) is 83.6 cm³/mol. The highest BCUT2D eigenvalue weighted by Crippen LogP contribution is 2.36. The van der Waals surface area contributed by atoms with Crippen LogP contribution in [0, 0.1) is 11.3 Å².